The molecular formula is C18H19NO4S. The molecule has 1 fully saturated rings. The molecule has 0 bridgehead atoms. The van der Waals surface area contributed by atoms with Gasteiger partial charge in [-0.2, -0.15) is 4.31 Å². The van der Waals surface area contributed by atoms with Crippen LogP contribution in [0.15, 0.2) is 51.8 Å². The second-order valence-corrected chi connectivity index (χ2v) is 8.27. The second kappa shape index (κ2) is 5.58. The number of hydrogen-bond donors (Lipinski definition) is 0. The van der Waals surface area contributed by atoms with Gasteiger partial charge in [-0.25, -0.2) is 8.42 Å². The quantitative estimate of drug-likeness (QED) is 0.714. The van der Waals surface area contributed by atoms with Gasteiger partial charge in [0.05, 0.1) is 17.1 Å². The number of hydrogen-bond acceptors (Lipinski definition) is 4. The molecular weight excluding hydrogens is 326 g/mol. The van der Waals surface area contributed by atoms with E-state index < -0.39 is 10.0 Å². The van der Waals surface area contributed by atoms with Crippen molar-refractivity contribution in [3.8, 4) is 0 Å². The van der Waals surface area contributed by atoms with Gasteiger partial charge in [0.25, 0.3) is 0 Å². The predicted molar refractivity (Wildman–Crippen MR) is 92.5 cm³/mol. The van der Waals surface area contributed by atoms with Gasteiger partial charge in [0.2, 0.25) is 10.0 Å². The zero-order valence-corrected chi connectivity index (χ0v) is 14.4. The van der Waals surface area contributed by atoms with Gasteiger partial charge < -0.3 is 9.15 Å². The Labute approximate surface area is 140 Å². The summed E-state index contributed by atoms with van der Waals surface area (Å²) in [4.78, 5) is 0.294. The molecule has 2 heterocycles. The van der Waals surface area contributed by atoms with Crippen LogP contribution < -0.4 is 0 Å². The third kappa shape index (κ3) is 2.51. The second-order valence-electron chi connectivity index (χ2n) is 6.34. The maximum absolute atomic E-state index is 13.0. The summed E-state index contributed by atoms with van der Waals surface area (Å²) < 4.78 is 39.0. The average Bonchev–Trinajstić information content (AvgIpc) is 2.91. The molecule has 6 heteroatoms. The van der Waals surface area contributed by atoms with Crippen molar-refractivity contribution in [3.63, 3.8) is 0 Å². The molecule has 126 valence electrons. The normalized spacial score (nSPS) is 23.1. The first kappa shape index (κ1) is 15.6. The first-order valence-corrected chi connectivity index (χ1v) is 9.46. The minimum absolute atomic E-state index is 0.109. The van der Waals surface area contributed by atoms with E-state index in [9.17, 15) is 8.42 Å². The fourth-order valence-corrected chi connectivity index (χ4v) is 4.96. The third-order valence-electron chi connectivity index (χ3n) is 4.37. The van der Waals surface area contributed by atoms with Gasteiger partial charge in [-0.1, -0.05) is 18.2 Å². The zero-order chi connectivity index (χ0) is 16.9. The molecule has 1 saturated heterocycles. The number of benzene rings is 2. The number of para-hydroxylation sites is 1. The van der Waals surface area contributed by atoms with Crippen LogP contribution in [-0.4, -0.2) is 38.0 Å². The molecule has 0 radical (unpaired) electrons. The van der Waals surface area contributed by atoms with Gasteiger partial charge >= 0.3 is 0 Å². The molecule has 2 atom stereocenters. The van der Waals surface area contributed by atoms with E-state index in [1.54, 1.807) is 18.2 Å². The molecule has 0 saturated carbocycles. The molecule has 0 N–H and O–H groups in total. The van der Waals surface area contributed by atoms with Crippen molar-refractivity contribution in [2.75, 3.05) is 13.1 Å². The lowest BCUT2D eigenvalue weighted by atomic mass is 10.1. The highest BCUT2D eigenvalue weighted by atomic mass is 32.2. The highest BCUT2D eigenvalue weighted by molar-refractivity contribution is 7.89. The summed E-state index contributed by atoms with van der Waals surface area (Å²) in [5.41, 5.74) is 1.45. The Hall–Kier alpha value is -1.89. The van der Waals surface area contributed by atoms with Gasteiger partial charge in [0, 0.05) is 23.9 Å². The van der Waals surface area contributed by atoms with E-state index in [-0.39, 0.29) is 12.2 Å². The molecule has 1 aliphatic rings. The van der Waals surface area contributed by atoms with E-state index in [1.165, 1.54) is 4.31 Å². The van der Waals surface area contributed by atoms with E-state index in [0.29, 0.717) is 23.6 Å². The maximum atomic E-state index is 13.0. The summed E-state index contributed by atoms with van der Waals surface area (Å²) >= 11 is 0. The number of nitrogens with zero attached hydrogens (tertiary/aromatic N) is 1. The third-order valence-corrected chi connectivity index (χ3v) is 6.20. The van der Waals surface area contributed by atoms with Gasteiger partial charge in [-0.05, 0) is 38.1 Å². The Bertz CT molecular complexity index is 998. The zero-order valence-electron chi connectivity index (χ0n) is 13.6. The highest BCUT2D eigenvalue weighted by Crippen LogP contribution is 2.31. The van der Waals surface area contributed by atoms with Crippen LogP contribution in [0.25, 0.3) is 21.9 Å². The minimum atomic E-state index is -3.55. The van der Waals surface area contributed by atoms with E-state index in [1.807, 2.05) is 38.1 Å². The van der Waals surface area contributed by atoms with Crippen LogP contribution in [0.5, 0.6) is 0 Å². The molecule has 0 aliphatic carbocycles. The summed E-state index contributed by atoms with van der Waals surface area (Å²) in [7, 11) is -3.55. The van der Waals surface area contributed by atoms with Crippen molar-refractivity contribution in [1.82, 2.24) is 4.31 Å². The van der Waals surface area contributed by atoms with E-state index in [2.05, 4.69) is 0 Å². The first-order chi connectivity index (χ1) is 11.4. The van der Waals surface area contributed by atoms with Crippen LogP contribution in [0, 0.1) is 0 Å². The van der Waals surface area contributed by atoms with Crippen LogP contribution in [0.1, 0.15) is 13.8 Å². The molecule has 24 heavy (non-hydrogen) atoms. The predicted octanol–water partition coefficient (Wildman–Crippen LogP) is 3.38. The Morgan fingerprint density at radius 2 is 1.62 bits per heavy atom. The first-order valence-electron chi connectivity index (χ1n) is 8.02. The lowest BCUT2D eigenvalue weighted by Crippen LogP contribution is -2.48. The number of furan rings is 1. The van der Waals surface area contributed by atoms with E-state index in [0.717, 1.165) is 16.4 Å². The molecule has 0 unspecified atom stereocenters. The number of rotatable bonds is 2. The molecule has 0 amide bonds. The summed E-state index contributed by atoms with van der Waals surface area (Å²) in [6, 6.07) is 12.7. The highest BCUT2D eigenvalue weighted by Gasteiger charge is 2.32. The van der Waals surface area contributed by atoms with Crippen molar-refractivity contribution in [3.05, 3.63) is 42.5 Å². The Kier molecular flexibility index (Phi) is 3.63. The lowest BCUT2D eigenvalue weighted by molar-refractivity contribution is -0.0440. The summed E-state index contributed by atoms with van der Waals surface area (Å²) in [5.74, 6) is 0. The molecule has 3 aromatic rings. The van der Waals surface area contributed by atoms with E-state index in [4.69, 9.17) is 9.15 Å². The summed E-state index contributed by atoms with van der Waals surface area (Å²) in [6.45, 7) is 4.53. The van der Waals surface area contributed by atoms with Gasteiger partial charge in [0.15, 0.2) is 0 Å². The average molecular weight is 345 g/mol. The monoisotopic (exact) mass is 345 g/mol. The molecule has 0 spiro atoms. The van der Waals surface area contributed by atoms with E-state index >= 15 is 0 Å². The summed E-state index contributed by atoms with van der Waals surface area (Å²) in [6.07, 6.45) is -0.218. The fourth-order valence-electron chi connectivity index (χ4n) is 3.34. The standard InChI is InChI=1S/C18H19NO4S/c1-12-10-19(11-13(2)22-12)24(20,21)14-7-8-18-16(9-14)15-5-3-4-6-17(15)23-18/h3-9,12-13H,10-11H2,1-2H3/t12-,13-/m0/s1. The minimum Gasteiger partial charge on any atom is -0.456 e. The summed E-state index contributed by atoms with van der Waals surface area (Å²) in [5, 5.41) is 1.74. The van der Waals surface area contributed by atoms with Crippen molar-refractivity contribution in [2.24, 2.45) is 0 Å². The maximum Gasteiger partial charge on any atom is 0.243 e. The number of morpholine rings is 1. The van der Waals surface area contributed by atoms with Crippen LogP contribution >= 0.6 is 0 Å². The fraction of sp³-hybridized carbons (Fsp3) is 0.333. The lowest BCUT2D eigenvalue weighted by Gasteiger charge is -2.34. The Morgan fingerprint density at radius 1 is 0.958 bits per heavy atom. The van der Waals surface area contributed by atoms with Crippen LogP contribution in [0.3, 0.4) is 0 Å². The van der Waals surface area contributed by atoms with Crippen molar-refractivity contribution in [2.45, 2.75) is 31.0 Å². The SMILES string of the molecule is C[C@H]1CN(S(=O)(=O)c2ccc3oc4ccccc4c3c2)C[C@H](C)O1. The number of ether oxygens (including phenoxy) is 1. The van der Waals surface area contributed by atoms with Crippen LogP contribution in [-0.2, 0) is 14.8 Å². The topological polar surface area (TPSA) is 59.8 Å². The molecule has 2 aromatic carbocycles. The number of sulfonamides is 1. The molecule has 4 rings (SSSR count). The molecule has 1 aromatic heterocycles. The largest absolute Gasteiger partial charge is 0.456 e. The van der Waals surface area contributed by atoms with Crippen LogP contribution in [0.2, 0.25) is 0 Å². The molecule has 1 aliphatic heterocycles. The number of fused-ring (bicyclic) bond motifs is 3. The van der Waals surface area contributed by atoms with Crippen LogP contribution in [0.4, 0.5) is 0 Å². The Morgan fingerprint density at radius 3 is 2.38 bits per heavy atom. The van der Waals surface area contributed by atoms with Crippen molar-refractivity contribution < 1.29 is 17.6 Å². The van der Waals surface area contributed by atoms with Crippen molar-refractivity contribution in [1.29, 1.82) is 0 Å². The van der Waals surface area contributed by atoms with Gasteiger partial charge in [-0.3, -0.25) is 0 Å². The van der Waals surface area contributed by atoms with Gasteiger partial charge in [-0.15, -0.1) is 0 Å². The van der Waals surface area contributed by atoms with Crippen molar-refractivity contribution >= 4 is 32.0 Å². The Balaban J connectivity index is 1.81. The smallest absolute Gasteiger partial charge is 0.243 e. The molecule has 5 nitrogen and oxygen atoms in total. The van der Waals surface area contributed by atoms with Gasteiger partial charge in [0.1, 0.15) is 11.2 Å².